The Bertz CT molecular complexity index is 495. The van der Waals surface area contributed by atoms with Crippen LogP contribution in [-0.2, 0) is 10.2 Å². The molecule has 1 heterocycles. The number of nitrogens with zero attached hydrogens (tertiary/aromatic N) is 2. The number of benzene rings is 1. The lowest BCUT2D eigenvalue weighted by atomic mass is 9.82. The van der Waals surface area contributed by atoms with Crippen molar-refractivity contribution in [3.8, 4) is 0 Å². The first-order valence-corrected chi connectivity index (χ1v) is 7.64. The van der Waals surface area contributed by atoms with Gasteiger partial charge in [0.2, 0.25) is 5.91 Å². The van der Waals surface area contributed by atoms with E-state index >= 15 is 0 Å². The third kappa shape index (κ3) is 3.38. The molecule has 0 saturated carbocycles. The molecular formula is C17H27N3O. The van der Waals surface area contributed by atoms with E-state index in [0.29, 0.717) is 6.04 Å². The van der Waals surface area contributed by atoms with Crippen LogP contribution in [0.3, 0.4) is 0 Å². The van der Waals surface area contributed by atoms with Crippen LogP contribution in [0.2, 0.25) is 0 Å². The molecule has 0 aliphatic carbocycles. The highest BCUT2D eigenvalue weighted by molar-refractivity contribution is 5.87. The number of anilines is 1. The Hall–Kier alpha value is -1.55. The fourth-order valence-corrected chi connectivity index (χ4v) is 3.09. The van der Waals surface area contributed by atoms with Gasteiger partial charge in [-0.2, -0.15) is 0 Å². The van der Waals surface area contributed by atoms with Gasteiger partial charge in [0, 0.05) is 25.3 Å². The molecule has 0 aromatic heterocycles. The SMILES string of the molecule is CN1CCCC(N(C)C(=O)C(C)(C)c2ccc(N)cc2)C1. The average molecular weight is 289 g/mol. The lowest BCUT2D eigenvalue weighted by Crippen LogP contribution is -2.51. The van der Waals surface area contributed by atoms with Gasteiger partial charge in [-0.25, -0.2) is 0 Å². The van der Waals surface area contributed by atoms with Gasteiger partial charge in [-0.1, -0.05) is 12.1 Å². The summed E-state index contributed by atoms with van der Waals surface area (Å²) in [6.07, 6.45) is 2.24. The average Bonchev–Trinajstić information content (AvgIpc) is 2.46. The van der Waals surface area contributed by atoms with Crippen molar-refractivity contribution in [2.24, 2.45) is 0 Å². The van der Waals surface area contributed by atoms with Gasteiger partial charge in [0.05, 0.1) is 5.41 Å². The van der Waals surface area contributed by atoms with Gasteiger partial charge in [-0.05, 0) is 58.0 Å². The zero-order valence-electron chi connectivity index (χ0n) is 13.6. The highest BCUT2D eigenvalue weighted by atomic mass is 16.2. The number of hydrogen-bond acceptors (Lipinski definition) is 3. The van der Waals surface area contributed by atoms with Crippen LogP contribution in [0.5, 0.6) is 0 Å². The summed E-state index contributed by atoms with van der Waals surface area (Å²) < 4.78 is 0. The molecule has 0 bridgehead atoms. The Kier molecular flexibility index (Phi) is 4.57. The summed E-state index contributed by atoms with van der Waals surface area (Å²) in [5.41, 5.74) is 6.95. The summed E-state index contributed by atoms with van der Waals surface area (Å²) in [7, 11) is 4.06. The Morgan fingerprint density at radius 1 is 1.33 bits per heavy atom. The van der Waals surface area contributed by atoms with Crippen molar-refractivity contribution in [2.45, 2.75) is 38.1 Å². The maximum Gasteiger partial charge on any atom is 0.232 e. The molecule has 1 aromatic rings. The van der Waals surface area contributed by atoms with E-state index in [1.165, 1.54) is 0 Å². The van der Waals surface area contributed by atoms with Gasteiger partial charge < -0.3 is 15.5 Å². The van der Waals surface area contributed by atoms with Gasteiger partial charge in [0.15, 0.2) is 0 Å². The van der Waals surface area contributed by atoms with E-state index in [0.717, 1.165) is 37.2 Å². The quantitative estimate of drug-likeness (QED) is 0.867. The Morgan fingerprint density at radius 2 is 1.95 bits per heavy atom. The number of likely N-dealkylation sites (tertiary alicyclic amines) is 1. The molecule has 1 aliphatic rings. The number of carbonyl (C=O) groups is 1. The number of likely N-dealkylation sites (N-methyl/N-ethyl adjacent to an activating group) is 2. The molecule has 1 aliphatic heterocycles. The van der Waals surface area contributed by atoms with E-state index in [1.54, 1.807) is 0 Å². The van der Waals surface area contributed by atoms with Crippen LogP contribution in [0.15, 0.2) is 24.3 Å². The third-order valence-corrected chi connectivity index (χ3v) is 4.63. The van der Waals surface area contributed by atoms with Crippen molar-refractivity contribution in [1.82, 2.24) is 9.80 Å². The van der Waals surface area contributed by atoms with E-state index in [-0.39, 0.29) is 5.91 Å². The molecule has 2 N–H and O–H groups in total. The largest absolute Gasteiger partial charge is 0.399 e. The second kappa shape index (κ2) is 6.06. The standard InChI is InChI=1S/C17H27N3O/c1-17(2,13-7-9-14(18)10-8-13)16(21)20(4)15-6-5-11-19(3)12-15/h7-10,15H,5-6,11-12,18H2,1-4H3. The molecule has 0 spiro atoms. The first kappa shape index (κ1) is 15.8. The summed E-state index contributed by atoms with van der Waals surface area (Å²) in [4.78, 5) is 17.2. The molecule has 1 fully saturated rings. The zero-order chi connectivity index (χ0) is 15.6. The molecule has 1 atom stereocenters. The number of hydrogen-bond donors (Lipinski definition) is 1. The Labute approximate surface area is 127 Å². The Morgan fingerprint density at radius 3 is 2.52 bits per heavy atom. The summed E-state index contributed by atoms with van der Waals surface area (Å²) in [5, 5.41) is 0. The fraction of sp³-hybridized carbons (Fsp3) is 0.588. The van der Waals surface area contributed by atoms with Crippen LogP contribution in [0.25, 0.3) is 0 Å². The van der Waals surface area contributed by atoms with Crippen LogP contribution < -0.4 is 5.73 Å². The highest BCUT2D eigenvalue weighted by Crippen LogP contribution is 2.28. The third-order valence-electron chi connectivity index (χ3n) is 4.63. The van der Waals surface area contributed by atoms with E-state index in [2.05, 4.69) is 11.9 Å². The topological polar surface area (TPSA) is 49.6 Å². The van der Waals surface area contributed by atoms with Crippen LogP contribution in [0.1, 0.15) is 32.3 Å². The monoisotopic (exact) mass is 289 g/mol. The van der Waals surface area contributed by atoms with Crippen molar-refractivity contribution < 1.29 is 4.79 Å². The smallest absolute Gasteiger partial charge is 0.232 e. The predicted octanol–water partition coefficient (Wildman–Crippen LogP) is 2.10. The highest BCUT2D eigenvalue weighted by Gasteiger charge is 2.35. The van der Waals surface area contributed by atoms with E-state index in [4.69, 9.17) is 5.73 Å². The van der Waals surface area contributed by atoms with Gasteiger partial charge in [-0.15, -0.1) is 0 Å². The van der Waals surface area contributed by atoms with Crippen molar-refractivity contribution in [2.75, 3.05) is 32.9 Å². The van der Waals surface area contributed by atoms with E-state index in [1.807, 2.05) is 50.1 Å². The molecule has 2 rings (SSSR count). The van der Waals surface area contributed by atoms with Gasteiger partial charge >= 0.3 is 0 Å². The zero-order valence-corrected chi connectivity index (χ0v) is 13.6. The molecule has 1 unspecified atom stereocenters. The summed E-state index contributed by atoms with van der Waals surface area (Å²) >= 11 is 0. The fourth-order valence-electron chi connectivity index (χ4n) is 3.09. The number of amides is 1. The molecule has 21 heavy (non-hydrogen) atoms. The normalized spacial score (nSPS) is 20.3. The minimum absolute atomic E-state index is 0.174. The van der Waals surface area contributed by atoms with Gasteiger partial charge in [0.25, 0.3) is 0 Å². The summed E-state index contributed by atoms with van der Waals surface area (Å²) in [6, 6.07) is 7.93. The number of piperidine rings is 1. The van der Waals surface area contributed by atoms with Gasteiger partial charge in [-0.3, -0.25) is 4.79 Å². The molecule has 1 amide bonds. The van der Waals surface area contributed by atoms with Crippen LogP contribution in [-0.4, -0.2) is 48.9 Å². The minimum Gasteiger partial charge on any atom is -0.399 e. The second-order valence-corrected chi connectivity index (χ2v) is 6.72. The van der Waals surface area contributed by atoms with Crippen LogP contribution in [0.4, 0.5) is 5.69 Å². The van der Waals surface area contributed by atoms with Gasteiger partial charge in [0.1, 0.15) is 0 Å². The first-order chi connectivity index (χ1) is 9.82. The first-order valence-electron chi connectivity index (χ1n) is 7.64. The van der Waals surface area contributed by atoms with Crippen molar-refractivity contribution in [1.29, 1.82) is 0 Å². The van der Waals surface area contributed by atoms with E-state index < -0.39 is 5.41 Å². The molecule has 1 saturated heterocycles. The summed E-state index contributed by atoms with van der Waals surface area (Å²) in [5.74, 6) is 0.174. The number of rotatable bonds is 3. The summed E-state index contributed by atoms with van der Waals surface area (Å²) in [6.45, 7) is 6.06. The Balaban J connectivity index is 2.15. The van der Waals surface area contributed by atoms with Crippen LogP contribution >= 0.6 is 0 Å². The molecule has 4 nitrogen and oxygen atoms in total. The molecule has 4 heteroatoms. The van der Waals surface area contributed by atoms with Crippen LogP contribution in [0, 0.1) is 0 Å². The maximum absolute atomic E-state index is 12.9. The second-order valence-electron chi connectivity index (χ2n) is 6.72. The van der Waals surface area contributed by atoms with Crippen molar-refractivity contribution >= 4 is 11.6 Å². The number of nitrogen functional groups attached to an aromatic ring is 1. The predicted molar refractivity (Wildman–Crippen MR) is 87.2 cm³/mol. The van der Waals surface area contributed by atoms with Crippen molar-refractivity contribution in [3.05, 3.63) is 29.8 Å². The minimum atomic E-state index is -0.529. The van der Waals surface area contributed by atoms with E-state index in [9.17, 15) is 4.79 Å². The molecule has 1 aromatic carbocycles. The number of carbonyl (C=O) groups excluding carboxylic acids is 1. The molecule has 0 radical (unpaired) electrons. The molecular weight excluding hydrogens is 262 g/mol. The lowest BCUT2D eigenvalue weighted by Gasteiger charge is -2.39. The molecule has 116 valence electrons. The number of nitrogens with two attached hydrogens (primary N) is 1. The van der Waals surface area contributed by atoms with Crippen molar-refractivity contribution in [3.63, 3.8) is 0 Å². The lowest BCUT2D eigenvalue weighted by molar-refractivity contribution is -0.138. The maximum atomic E-state index is 12.9.